The van der Waals surface area contributed by atoms with Crippen LogP contribution in [0.15, 0.2) is 11.6 Å². The number of esters is 1. The highest BCUT2D eigenvalue weighted by Gasteiger charge is 2.74. The van der Waals surface area contributed by atoms with Crippen molar-refractivity contribution in [3.8, 4) is 0 Å². The zero-order valence-electron chi connectivity index (χ0n) is 25.1. The summed E-state index contributed by atoms with van der Waals surface area (Å²) in [5.74, 6) is -1.05. The molecule has 1 aliphatic heterocycles. The van der Waals surface area contributed by atoms with Crippen molar-refractivity contribution in [2.45, 2.75) is 118 Å². The SMILES string of the molecule is CC(=O)OC1C(=O)CC2C(=CCC3C2(C)C(=O)CC2(C)C4C(CC32C)OC(C(C)(C)O)CC(=O)C4C)C1(C)C. The zero-order chi connectivity index (χ0) is 29.1. The average molecular weight is 543 g/mol. The van der Waals surface area contributed by atoms with Crippen LogP contribution in [0.1, 0.15) is 94.4 Å². The van der Waals surface area contributed by atoms with Gasteiger partial charge in [-0.2, -0.15) is 0 Å². The first-order valence-electron chi connectivity index (χ1n) is 14.6. The minimum absolute atomic E-state index is 0.0303. The number of ether oxygens (including phenoxy) is 2. The standard InChI is InChI=1S/C32H46O7/c1-16-20(34)13-25(29(5,6)37)39-22-14-30(7)23-11-10-18-19(12-21(35)27(28(18,3)4)38-17(2)33)32(23,9)24(36)15-31(30,8)26(16)22/h10,16,19,22-23,25-27,37H,11-15H2,1-9H3. The van der Waals surface area contributed by atoms with Crippen LogP contribution >= 0.6 is 0 Å². The normalized spacial score (nSPS) is 47.3. The molecule has 4 aliphatic carbocycles. The van der Waals surface area contributed by atoms with E-state index >= 15 is 0 Å². The molecule has 0 aromatic heterocycles. The van der Waals surface area contributed by atoms with E-state index in [1.165, 1.54) is 6.92 Å². The van der Waals surface area contributed by atoms with Crippen LogP contribution in [0.5, 0.6) is 0 Å². The highest BCUT2D eigenvalue weighted by molar-refractivity contribution is 5.93. The predicted octanol–water partition coefficient (Wildman–Crippen LogP) is 4.62. The summed E-state index contributed by atoms with van der Waals surface area (Å²) in [5, 5.41) is 10.8. The van der Waals surface area contributed by atoms with E-state index < -0.39 is 40.0 Å². The first-order valence-corrected chi connectivity index (χ1v) is 14.6. The molecule has 10 unspecified atom stereocenters. The highest BCUT2D eigenvalue weighted by atomic mass is 16.5. The second-order valence-electron chi connectivity index (χ2n) is 15.1. The lowest BCUT2D eigenvalue weighted by Gasteiger charge is -2.64. The van der Waals surface area contributed by atoms with E-state index in [4.69, 9.17) is 9.47 Å². The largest absolute Gasteiger partial charge is 0.454 e. The molecule has 0 aromatic carbocycles. The highest BCUT2D eigenvalue weighted by Crippen LogP contribution is 2.74. The molecule has 7 heteroatoms. The fraction of sp³-hybridized carbons (Fsp3) is 0.812. The lowest BCUT2D eigenvalue weighted by atomic mass is 9.38. The van der Waals surface area contributed by atoms with E-state index in [0.717, 1.165) is 5.57 Å². The van der Waals surface area contributed by atoms with Gasteiger partial charge in [-0.3, -0.25) is 19.2 Å². The Bertz CT molecular complexity index is 1160. The Balaban J connectivity index is 1.59. The average Bonchev–Trinajstić information content (AvgIpc) is 2.92. The van der Waals surface area contributed by atoms with E-state index in [0.29, 0.717) is 19.3 Å². The van der Waals surface area contributed by atoms with Crippen molar-refractivity contribution in [2.75, 3.05) is 0 Å². The number of hydrogen-bond acceptors (Lipinski definition) is 7. The Morgan fingerprint density at radius 1 is 1.05 bits per heavy atom. The Kier molecular flexibility index (Phi) is 6.30. The summed E-state index contributed by atoms with van der Waals surface area (Å²) in [6.45, 7) is 17.1. The number of allylic oxidation sites excluding steroid dienone is 1. The van der Waals surface area contributed by atoms with Crippen molar-refractivity contribution in [3.05, 3.63) is 11.6 Å². The maximum atomic E-state index is 14.5. The minimum atomic E-state index is -1.15. The van der Waals surface area contributed by atoms with Gasteiger partial charge in [0.25, 0.3) is 0 Å². The van der Waals surface area contributed by atoms with Gasteiger partial charge < -0.3 is 14.6 Å². The van der Waals surface area contributed by atoms with Crippen LogP contribution in [0.4, 0.5) is 0 Å². The van der Waals surface area contributed by atoms with Gasteiger partial charge in [-0.25, -0.2) is 0 Å². The van der Waals surface area contributed by atoms with E-state index in [9.17, 15) is 24.3 Å². The smallest absolute Gasteiger partial charge is 0.303 e. The number of aliphatic hydroxyl groups is 1. The van der Waals surface area contributed by atoms with Crippen molar-refractivity contribution in [1.29, 1.82) is 0 Å². The number of Topliss-reactive ketones (excluding diaryl/α,β-unsaturated/α-hetero) is 3. The molecule has 0 radical (unpaired) electrons. The number of carbonyl (C=O) groups is 4. The van der Waals surface area contributed by atoms with Crippen molar-refractivity contribution < 1.29 is 33.8 Å². The summed E-state index contributed by atoms with van der Waals surface area (Å²) in [5.41, 5.74) is -2.34. The Morgan fingerprint density at radius 2 is 1.69 bits per heavy atom. The number of ketones is 3. The molecule has 1 saturated heterocycles. The molecule has 4 fully saturated rings. The van der Waals surface area contributed by atoms with E-state index in [1.807, 2.05) is 20.8 Å². The Morgan fingerprint density at radius 3 is 2.28 bits per heavy atom. The Labute approximate surface area is 232 Å². The van der Waals surface area contributed by atoms with Gasteiger partial charge in [0.1, 0.15) is 11.6 Å². The third kappa shape index (κ3) is 3.74. The van der Waals surface area contributed by atoms with Gasteiger partial charge in [-0.05, 0) is 43.4 Å². The molecule has 39 heavy (non-hydrogen) atoms. The molecule has 1 N–H and O–H groups in total. The van der Waals surface area contributed by atoms with E-state index in [-0.39, 0.29) is 65.4 Å². The molecule has 5 aliphatic rings. The van der Waals surface area contributed by atoms with Gasteiger partial charge in [-0.15, -0.1) is 0 Å². The third-order valence-corrected chi connectivity index (χ3v) is 12.3. The van der Waals surface area contributed by atoms with Crippen molar-refractivity contribution >= 4 is 23.3 Å². The van der Waals surface area contributed by atoms with Gasteiger partial charge in [0.2, 0.25) is 0 Å². The molecule has 3 saturated carbocycles. The summed E-state index contributed by atoms with van der Waals surface area (Å²) >= 11 is 0. The van der Waals surface area contributed by atoms with Crippen LogP contribution in [0.25, 0.3) is 0 Å². The summed E-state index contributed by atoms with van der Waals surface area (Å²) < 4.78 is 12.1. The van der Waals surface area contributed by atoms with E-state index in [2.05, 4.69) is 26.8 Å². The fourth-order valence-electron chi connectivity index (χ4n) is 9.99. The summed E-state index contributed by atoms with van der Waals surface area (Å²) in [6.07, 6.45) is 2.60. The summed E-state index contributed by atoms with van der Waals surface area (Å²) in [7, 11) is 0. The lowest BCUT2D eigenvalue weighted by molar-refractivity contribution is -0.177. The molecule has 0 bridgehead atoms. The molecule has 5 rings (SSSR count). The zero-order valence-corrected chi connectivity index (χ0v) is 25.1. The number of rotatable bonds is 2. The van der Waals surface area contributed by atoms with Gasteiger partial charge in [0.05, 0.1) is 17.8 Å². The molecule has 1 heterocycles. The van der Waals surface area contributed by atoms with Gasteiger partial charge in [0, 0.05) is 54.8 Å². The molecular formula is C32H46O7. The number of carbonyl (C=O) groups excluding carboxylic acids is 4. The van der Waals surface area contributed by atoms with Crippen LogP contribution in [0.2, 0.25) is 0 Å². The molecule has 0 spiro atoms. The van der Waals surface area contributed by atoms with Crippen molar-refractivity contribution in [3.63, 3.8) is 0 Å². The number of fused-ring (bicyclic) bond motifs is 7. The third-order valence-electron chi connectivity index (χ3n) is 12.3. The van der Waals surface area contributed by atoms with Crippen LogP contribution in [-0.4, -0.2) is 52.3 Å². The quantitative estimate of drug-likeness (QED) is 0.401. The predicted molar refractivity (Wildman–Crippen MR) is 144 cm³/mol. The van der Waals surface area contributed by atoms with Crippen LogP contribution in [-0.2, 0) is 28.7 Å². The molecule has 10 atom stereocenters. The Hall–Kier alpha value is -1.86. The van der Waals surface area contributed by atoms with Gasteiger partial charge in [-0.1, -0.05) is 53.2 Å². The first kappa shape index (κ1) is 28.7. The molecule has 216 valence electrons. The number of hydrogen-bond donors (Lipinski definition) is 1. The van der Waals surface area contributed by atoms with Crippen LogP contribution < -0.4 is 0 Å². The lowest BCUT2D eigenvalue weighted by Crippen LogP contribution is -2.64. The van der Waals surface area contributed by atoms with Crippen molar-refractivity contribution in [2.24, 2.45) is 45.3 Å². The van der Waals surface area contributed by atoms with Gasteiger partial charge in [0.15, 0.2) is 11.9 Å². The minimum Gasteiger partial charge on any atom is -0.454 e. The summed E-state index contributed by atoms with van der Waals surface area (Å²) in [6, 6.07) is 0. The maximum Gasteiger partial charge on any atom is 0.303 e. The second kappa shape index (κ2) is 8.58. The van der Waals surface area contributed by atoms with Crippen molar-refractivity contribution in [1.82, 2.24) is 0 Å². The second-order valence-corrected chi connectivity index (χ2v) is 15.1. The van der Waals surface area contributed by atoms with E-state index in [1.54, 1.807) is 13.8 Å². The first-order chi connectivity index (χ1) is 17.8. The molecule has 7 nitrogen and oxygen atoms in total. The monoisotopic (exact) mass is 542 g/mol. The maximum absolute atomic E-state index is 14.5. The fourth-order valence-corrected chi connectivity index (χ4v) is 9.99. The van der Waals surface area contributed by atoms with Crippen LogP contribution in [0, 0.1) is 45.3 Å². The van der Waals surface area contributed by atoms with Crippen LogP contribution in [0.3, 0.4) is 0 Å². The molecular weight excluding hydrogens is 496 g/mol. The topological polar surface area (TPSA) is 107 Å². The summed E-state index contributed by atoms with van der Waals surface area (Å²) in [4.78, 5) is 53.1. The molecule has 0 amide bonds. The molecule has 0 aromatic rings. The van der Waals surface area contributed by atoms with Gasteiger partial charge >= 0.3 is 5.97 Å².